The first kappa shape index (κ1) is 16.0. The Balaban J connectivity index is 2.60. The smallest absolute Gasteiger partial charge is 0.119 e. The van der Waals surface area contributed by atoms with Gasteiger partial charge in [0.2, 0.25) is 0 Å². The van der Waals surface area contributed by atoms with Crippen LogP contribution < -0.4 is 10.1 Å². The molecule has 0 aromatic heterocycles. The van der Waals surface area contributed by atoms with Gasteiger partial charge in [-0.25, -0.2) is 0 Å². The van der Waals surface area contributed by atoms with Crippen molar-refractivity contribution in [3.8, 4) is 5.75 Å². The predicted octanol–water partition coefficient (Wildman–Crippen LogP) is 3.41. The Morgan fingerprint density at radius 3 is 2.42 bits per heavy atom. The van der Waals surface area contributed by atoms with E-state index in [0.717, 1.165) is 31.8 Å². The molecule has 19 heavy (non-hydrogen) atoms. The van der Waals surface area contributed by atoms with Gasteiger partial charge in [0.05, 0.1) is 6.61 Å². The Kier molecular flexibility index (Phi) is 7.53. The normalized spacial score (nSPS) is 14.1. The molecule has 0 aliphatic carbocycles. The van der Waals surface area contributed by atoms with Crippen LogP contribution in [0.15, 0.2) is 24.3 Å². The fourth-order valence-corrected chi connectivity index (χ4v) is 2.19. The Bertz CT molecular complexity index is 337. The molecular formula is C16H27NO2. The molecule has 2 unspecified atom stereocenters. The fourth-order valence-electron chi connectivity index (χ4n) is 2.19. The number of nitrogens with one attached hydrogen (secondary N) is 1. The minimum absolute atomic E-state index is 0.366. The van der Waals surface area contributed by atoms with Crippen LogP contribution in [0.1, 0.15) is 38.3 Å². The van der Waals surface area contributed by atoms with Crippen LogP contribution >= 0.6 is 0 Å². The first-order chi connectivity index (χ1) is 9.21. The van der Waals surface area contributed by atoms with Crippen molar-refractivity contribution in [2.75, 3.05) is 27.4 Å². The molecule has 2 atom stereocenters. The van der Waals surface area contributed by atoms with Gasteiger partial charge in [-0.3, -0.25) is 0 Å². The lowest BCUT2D eigenvalue weighted by atomic mass is 9.96. The van der Waals surface area contributed by atoms with E-state index < -0.39 is 0 Å². The lowest BCUT2D eigenvalue weighted by Gasteiger charge is -2.21. The summed E-state index contributed by atoms with van der Waals surface area (Å²) in [6.07, 6.45) is 2.11. The molecule has 0 saturated heterocycles. The Morgan fingerprint density at radius 2 is 1.89 bits per heavy atom. The highest BCUT2D eigenvalue weighted by atomic mass is 16.5. The van der Waals surface area contributed by atoms with Gasteiger partial charge < -0.3 is 14.8 Å². The largest absolute Gasteiger partial charge is 0.494 e. The van der Waals surface area contributed by atoms with E-state index in [4.69, 9.17) is 9.47 Å². The van der Waals surface area contributed by atoms with Crippen molar-refractivity contribution in [2.24, 2.45) is 5.92 Å². The SMILES string of the molecule is CCCOc1ccc(C(CC(C)COC)NC)cc1. The number of hydrogen-bond donors (Lipinski definition) is 1. The number of benzene rings is 1. The molecule has 0 saturated carbocycles. The summed E-state index contributed by atoms with van der Waals surface area (Å²) in [6, 6.07) is 8.76. The number of methoxy groups -OCH3 is 1. The molecule has 0 bridgehead atoms. The first-order valence-corrected chi connectivity index (χ1v) is 7.10. The summed E-state index contributed by atoms with van der Waals surface area (Å²) in [5.41, 5.74) is 1.30. The van der Waals surface area contributed by atoms with Crippen molar-refractivity contribution in [1.82, 2.24) is 5.32 Å². The molecule has 1 aromatic carbocycles. The Morgan fingerprint density at radius 1 is 1.21 bits per heavy atom. The average molecular weight is 265 g/mol. The first-order valence-electron chi connectivity index (χ1n) is 7.10. The third kappa shape index (κ3) is 5.62. The van der Waals surface area contributed by atoms with Crippen LogP contribution in [0.4, 0.5) is 0 Å². The zero-order valence-electron chi connectivity index (χ0n) is 12.6. The molecule has 0 aliphatic heterocycles. The zero-order chi connectivity index (χ0) is 14.1. The van der Waals surface area contributed by atoms with E-state index in [9.17, 15) is 0 Å². The average Bonchev–Trinajstić information content (AvgIpc) is 2.43. The zero-order valence-corrected chi connectivity index (χ0v) is 12.6. The van der Waals surface area contributed by atoms with Crippen LogP contribution in [0, 0.1) is 5.92 Å². The molecular weight excluding hydrogens is 238 g/mol. The summed E-state index contributed by atoms with van der Waals surface area (Å²) in [5, 5.41) is 3.37. The van der Waals surface area contributed by atoms with E-state index in [2.05, 4.69) is 43.4 Å². The molecule has 0 heterocycles. The Labute approximate surface area is 117 Å². The molecule has 108 valence electrons. The van der Waals surface area contributed by atoms with Gasteiger partial charge in [0.25, 0.3) is 0 Å². The van der Waals surface area contributed by atoms with E-state index in [1.807, 2.05) is 7.05 Å². The van der Waals surface area contributed by atoms with Crippen LogP contribution in [0.2, 0.25) is 0 Å². The van der Waals surface area contributed by atoms with E-state index >= 15 is 0 Å². The maximum Gasteiger partial charge on any atom is 0.119 e. The molecule has 0 radical (unpaired) electrons. The fraction of sp³-hybridized carbons (Fsp3) is 0.625. The molecule has 3 nitrogen and oxygen atoms in total. The monoisotopic (exact) mass is 265 g/mol. The Hall–Kier alpha value is -1.06. The maximum atomic E-state index is 5.60. The van der Waals surface area contributed by atoms with E-state index in [1.165, 1.54) is 5.56 Å². The van der Waals surface area contributed by atoms with Crippen LogP contribution in [-0.4, -0.2) is 27.4 Å². The second-order valence-corrected chi connectivity index (χ2v) is 5.05. The summed E-state index contributed by atoms with van der Waals surface area (Å²) in [5.74, 6) is 1.49. The second-order valence-electron chi connectivity index (χ2n) is 5.05. The van der Waals surface area contributed by atoms with Gasteiger partial charge >= 0.3 is 0 Å². The van der Waals surface area contributed by atoms with Crippen molar-refractivity contribution in [3.63, 3.8) is 0 Å². The summed E-state index contributed by atoms with van der Waals surface area (Å²) in [7, 11) is 3.76. The van der Waals surface area contributed by atoms with Gasteiger partial charge in [0.1, 0.15) is 5.75 Å². The summed E-state index contributed by atoms with van der Waals surface area (Å²) in [6.45, 7) is 5.91. The highest BCUT2D eigenvalue weighted by Crippen LogP contribution is 2.23. The van der Waals surface area contributed by atoms with Gasteiger partial charge in [-0.15, -0.1) is 0 Å². The lowest BCUT2D eigenvalue weighted by molar-refractivity contribution is 0.150. The minimum Gasteiger partial charge on any atom is -0.494 e. The van der Waals surface area contributed by atoms with Gasteiger partial charge in [-0.2, -0.15) is 0 Å². The van der Waals surface area contributed by atoms with Crippen molar-refractivity contribution < 1.29 is 9.47 Å². The molecule has 0 amide bonds. The van der Waals surface area contributed by atoms with E-state index in [-0.39, 0.29) is 0 Å². The third-order valence-corrected chi connectivity index (χ3v) is 3.19. The van der Waals surface area contributed by atoms with Crippen molar-refractivity contribution in [2.45, 2.75) is 32.7 Å². The van der Waals surface area contributed by atoms with Gasteiger partial charge in [0.15, 0.2) is 0 Å². The molecule has 0 spiro atoms. The quantitative estimate of drug-likeness (QED) is 0.742. The van der Waals surface area contributed by atoms with Crippen molar-refractivity contribution >= 4 is 0 Å². The van der Waals surface area contributed by atoms with Crippen molar-refractivity contribution in [1.29, 1.82) is 0 Å². The second kappa shape index (κ2) is 8.94. The van der Waals surface area contributed by atoms with Crippen LogP contribution in [0.25, 0.3) is 0 Å². The van der Waals surface area contributed by atoms with Crippen LogP contribution in [-0.2, 0) is 4.74 Å². The topological polar surface area (TPSA) is 30.5 Å². The number of ether oxygens (including phenoxy) is 2. The molecule has 3 heteroatoms. The molecule has 1 N–H and O–H groups in total. The number of hydrogen-bond acceptors (Lipinski definition) is 3. The highest BCUT2D eigenvalue weighted by Gasteiger charge is 2.13. The molecule has 1 rings (SSSR count). The van der Waals surface area contributed by atoms with Gasteiger partial charge in [-0.05, 0) is 43.5 Å². The van der Waals surface area contributed by atoms with Crippen LogP contribution in [0.5, 0.6) is 5.75 Å². The summed E-state index contributed by atoms with van der Waals surface area (Å²) >= 11 is 0. The summed E-state index contributed by atoms with van der Waals surface area (Å²) < 4.78 is 10.8. The van der Waals surface area contributed by atoms with Crippen molar-refractivity contribution in [3.05, 3.63) is 29.8 Å². The van der Waals surface area contributed by atoms with Gasteiger partial charge in [0, 0.05) is 19.8 Å². The maximum absolute atomic E-state index is 5.60. The predicted molar refractivity (Wildman–Crippen MR) is 79.7 cm³/mol. The standard InChI is InChI=1S/C16H27NO2/c1-5-10-19-15-8-6-14(7-9-15)16(17-3)11-13(2)12-18-4/h6-9,13,16-17H,5,10-12H2,1-4H3. The van der Waals surface area contributed by atoms with E-state index in [1.54, 1.807) is 7.11 Å². The van der Waals surface area contributed by atoms with Gasteiger partial charge in [-0.1, -0.05) is 26.0 Å². The lowest BCUT2D eigenvalue weighted by Crippen LogP contribution is -2.20. The minimum atomic E-state index is 0.366. The summed E-state index contributed by atoms with van der Waals surface area (Å²) in [4.78, 5) is 0. The van der Waals surface area contributed by atoms with E-state index in [0.29, 0.717) is 12.0 Å². The molecule has 0 aliphatic rings. The molecule has 1 aromatic rings. The van der Waals surface area contributed by atoms with Crippen LogP contribution in [0.3, 0.4) is 0 Å². The third-order valence-electron chi connectivity index (χ3n) is 3.19. The molecule has 0 fully saturated rings. The number of rotatable bonds is 9. The highest BCUT2D eigenvalue weighted by molar-refractivity contribution is 5.29.